The Bertz CT molecular complexity index is 911. The monoisotopic (exact) mass is 333 g/mol. The molecule has 1 amide bonds. The largest absolute Gasteiger partial charge is 0.339 e. The fourth-order valence-electron chi connectivity index (χ4n) is 2.24. The first kappa shape index (κ1) is 16.1. The Kier molecular flexibility index (Phi) is 4.67. The summed E-state index contributed by atoms with van der Waals surface area (Å²) in [6, 6.07) is 8.91. The minimum atomic E-state index is -0.283. The highest BCUT2D eigenvalue weighted by atomic mass is 16.1. The molecule has 0 unspecified atom stereocenters. The number of anilines is 2. The van der Waals surface area contributed by atoms with E-state index in [4.69, 9.17) is 5.26 Å². The van der Waals surface area contributed by atoms with Crippen molar-refractivity contribution in [3.63, 3.8) is 0 Å². The van der Waals surface area contributed by atoms with Gasteiger partial charge in [0.05, 0.1) is 23.6 Å². The normalized spacial score (nSPS) is 10.1. The zero-order valence-corrected chi connectivity index (χ0v) is 13.4. The molecule has 3 rings (SSSR count). The second-order valence-electron chi connectivity index (χ2n) is 5.26. The summed E-state index contributed by atoms with van der Waals surface area (Å²) in [4.78, 5) is 20.6. The lowest BCUT2D eigenvalue weighted by molar-refractivity contribution is 0.0958. The third-order valence-electron chi connectivity index (χ3n) is 3.47. The lowest BCUT2D eigenvalue weighted by Crippen LogP contribution is -2.23. The lowest BCUT2D eigenvalue weighted by Gasteiger charge is -2.09. The van der Waals surface area contributed by atoms with Gasteiger partial charge in [0, 0.05) is 23.5 Å². The Morgan fingerprint density at radius 3 is 2.76 bits per heavy atom. The van der Waals surface area contributed by atoms with Crippen molar-refractivity contribution in [3.8, 4) is 17.3 Å². The number of H-pyrrole nitrogens is 1. The van der Waals surface area contributed by atoms with Crippen molar-refractivity contribution in [2.75, 3.05) is 11.9 Å². The van der Waals surface area contributed by atoms with Crippen LogP contribution in [0.5, 0.6) is 0 Å². The average Bonchev–Trinajstić information content (AvgIpc) is 3.14. The second-order valence-corrected chi connectivity index (χ2v) is 5.26. The summed E-state index contributed by atoms with van der Waals surface area (Å²) in [6.07, 6.45) is 5.08. The Balaban J connectivity index is 1.83. The van der Waals surface area contributed by atoms with Crippen LogP contribution in [0.25, 0.3) is 11.3 Å². The number of aryl methyl sites for hydroxylation is 1. The molecule has 0 atom stereocenters. The summed E-state index contributed by atoms with van der Waals surface area (Å²) >= 11 is 0. The minimum Gasteiger partial charge on any atom is -0.339 e. The molecule has 0 radical (unpaired) electrons. The molecular weight excluding hydrogens is 318 g/mol. The first-order chi connectivity index (χ1) is 12.2. The van der Waals surface area contributed by atoms with Crippen LogP contribution in [0.3, 0.4) is 0 Å². The summed E-state index contributed by atoms with van der Waals surface area (Å²) in [5.74, 6) is 0.174. The minimum absolute atomic E-state index is 0.0192. The number of aromatic nitrogens is 4. The number of hydrogen-bond donors (Lipinski definition) is 3. The van der Waals surface area contributed by atoms with E-state index in [0.29, 0.717) is 11.5 Å². The Labute approximate surface area is 143 Å². The molecule has 8 nitrogen and oxygen atoms in total. The van der Waals surface area contributed by atoms with Crippen LogP contribution in [-0.4, -0.2) is 32.6 Å². The number of benzene rings is 1. The van der Waals surface area contributed by atoms with E-state index in [1.165, 1.54) is 0 Å². The highest BCUT2D eigenvalue weighted by Crippen LogP contribution is 2.23. The van der Waals surface area contributed by atoms with Crippen molar-refractivity contribution in [2.45, 2.75) is 6.92 Å². The third-order valence-corrected chi connectivity index (χ3v) is 3.47. The zero-order chi connectivity index (χ0) is 17.6. The summed E-state index contributed by atoms with van der Waals surface area (Å²) in [7, 11) is 0. The molecule has 3 N–H and O–H groups in total. The van der Waals surface area contributed by atoms with Crippen LogP contribution in [0.4, 0.5) is 11.6 Å². The number of nitriles is 1. The number of aromatic amines is 1. The maximum atomic E-state index is 11.8. The van der Waals surface area contributed by atoms with Gasteiger partial charge >= 0.3 is 0 Å². The maximum Gasteiger partial charge on any atom is 0.252 e. The Morgan fingerprint density at radius 2 is 2.08 bits per heavy atom. The molecule has 2 heterocycles. The molecule has 0 saturated heterocycles. The van der Waals surface area contributed by atoms with Crippen molar-refractivity contribution in [2.24, 2.45) is 0 Å². The van der Waals surface area contributed by atoms with Crippen molar-refractivity contribution in [1.29, 1.82) is 5.26 Å². The highest BCUT2D eigenvalue weighted by Gasteiger charge is 2.09. The molecular formula is C17H15N7O. The van der Waals surface area contributed by atoms with Crippen LogP contribution in [0, 0.1) is 18.3 Å². The Hall–Kier alpha value is -3.73. The Morgan fingerprint density at radius 1 is 1.28 bits per heavy atom. The summed E-state index contributed by atoms with van der Waals surface area (Å²) < 4.78 is 0. The summed E-state index contributed by atoms with van der Waals surface area (Å²) in [5, 5.41) is 20.7. The standard InChI is InChI=1S/C17H15N7O/c1-11-8-20-17(23-14-9-21-22-10-14)24-15(11)12-2-4-13(5-3-12)16(25)19-7-6-18/h2-5,8-10H,7H2,1H3,(H,19,25)(H,21,22)(H,20,23,24). The predicted octanol–water partition coefficient (Wildman–Crippen LogP) is 2.17. The first-order valence-corrected chi connectivity index (χ1v) is 7.52. The molecule has 124 valence electrons. The van der Waals surface area contributed by atoms with E-state index in [1.54, 1.807) is 30.7 Å². The second kappa shape index (κ2) is 7.23. The topological polar surface area (TPSA) is 119 Å². The van der Waals surface area contributed by atoms with E-state index < -0.39 is 0 Å². The summed E-state index contributed by atoms with van der Waals surface area (Å²) in [6.45, 7) is 1.90. The number of nitrogens with zero attached hydrogens (tertiary/aromatic N) is 4. The summed E-state index contributed by atoms with van der Waals surface area (Å²) in [5.41, 5.74) is 3.80. The number of hydrogen-bond acceptors (Lipinski definition) is 6. The molecule has 2 aromatic heterocycles. The van der Waals surface area contributed by atoms with E-state index >= 15 is 0 Å². The fourth-order valence-corrected chi connectivity index (χ4v) is 2.24. The van der Waals surface area contributed by atoms with E-state index in [1.807, 2.05) is 25.1 Å². The molecule has 0 spiro atoms. The van der Waals surface area contributed by atoms with Crippen LogP contribution in [0.2, 0.25) is 0 Å². The number of carbonyl (C=O) groups is 1. The van der Waals surface area contributed by atoms with Crippen molar-refractivity contribution in [1.82, 2.24) is 25.5 Å². The van der Waals surface area contributed by atoms with Gasteiger partial charge in [-0.25, -0.2) is 9.97 Å². The van der Waals surface area contributed by atoms with Crippen LogP contribution < -0.4 is 10.6 Å². The molecule has 25 heavy (non-hydrogen) atoms. The van der Waals surface area contributed by atoms with E-state index in [9.17, 15) is 4.79 Å². The van der Waals surface area contributed by atoms with Gasteiger partial charge in [0.15, 0.2) is 0 Å². The average molecular weight is 333 g/mol. The van der Waals surface area contributed by atoms with Gasteiger partial charge in [-0.15, -0.1) is 0 Å². The van der Waals surface area contributed by atoms with Gasteiger partial charge in [0.1, 0.15) is 6.54 Å². The SMILES string of the molecule is Cc1cnc(Nc2cn[nH]c2)nc1-c1ccc(C(=O)NCC#N)cc1. The van der Waals surface area contributed by atoms with Crippen LogP contribution >= 0.6 is 0 Å². The number of nitrogens with one attached hydrogen (secondary N) is 3. The van der Waals surface area contributed by atoms with Gasteiger partial charge in [0.2, 0.25) is 5.95 Å². The lowest BCUT2D eigenvalue weighted by atomic mass is 10.1. The highest BCUT2D eigenvalue weighted by molar-refractivity contribution is 5.94. The quantitative estimate of drug-likeness (QED) is 0.616. The van der Waals surface area contributed by atoms with Crippen molar-refractivity contribution in [3.05, 3.63) is 54.0 Å². The smallest absolute Gasteiger partial charge is 0.252 e. The first-order valence-electron chi connectivity index (χ1n) is 7.52. The molecule has 0 aliphatic carbocycles. The zero-order valence-electron chi connectivity index (χ0n) is 13.4. The number of rotatable bonds is 5. The maximum absolute atomic E-state index is 11.8. The van der Waals surface area contributed by atoms with Crippen LogP contribution in [-0.2, 0) is 0 Å². The van der Waals surface area contributed by atoms with Crippen molar-refractivity contribution < 1.29 is 4.79 Å². The van der Waals surface area contributed by atoms with Crippen LogP contribution in [0.15, 0.2) is 42.9 Å². The van der Waals surface area contributed by atoms with Gasteiger partial charge in [-0.1, -0.05) is 12.1 Å². The molecule has 0 fully saturated rings. The third kappa shape index (κ3) is 3.79. The number of carbonyl (C=O) groups excluding carboxylic acids is 1. The molecule has 3 aromatic rings. The van der Waals surface area contributed by atoms with Crippen molar-refractivity contribution >= 4 is 17.5 Å². The van der Waals surface area contributed by atoms with Gasteiger partial charge in [-0.2, -0.15) is 10.4 Å². The molecule has 0 bridgehead atoms. The molecule has 0 aliphatic rings. The predicted molar refractivity (Wildman–Crippen MR) is 92.0 cm³/mol. The molecule has 1 aromatic carbocycles. The van der Waals surface area contributed by atoms with Gasteiger partial charge in [0.25, 0.3) is 5.91 Å². The van der Waals surface area contributed by atoms with E-state index in [-0.39, 0.29) is 12.5 Å². The van der Waals surface area contributed by atoms with Gasteiger partial charge in [-0.3, -0.25) is 9.89 Å². The molecule has 0 aliphatic heterocycles. The van der Waals surface area contributed by atoms with Gasteiger partial charge < -0.3 is 10.6 Å². The van der Waals surface area contributed by atoms with Crippen LogP contribution in [0.1, 0.15) is 15.9 Å². The van der Waals surface area contributed by atoms with Gasteiger partial charge in [-0.05, 0) is 24.6 Å². The van der Waals surface area contributed by atoms with E-state index in [2.05, 4.69) is 30.8 Å². The fraction of sp³-hybridized carbons (Fsp3) is 0.118. The van der Waals surface area contributed by atoms with E-state index in [0.717, 1.165) is 22.5 Å². The molecule has 0 saturated carbocycles. The molecule has 8 heteroatoms. The number of amides is 1.